The SMILES string of the molecule is CCC1CCCN(CCOC)C1. The molecule has 0 aromatic heterocycles. The second kappa shape index (κ2) is 5.55. The summed E-state index contributed by atoms with van der Waals surface area (Å²) in [7, 11) is 1.78. The van der Waals surface area contributed by atoms with Gasteiger partial charge in [0.05, 0.1) is 6.61 Å². The molecule has 1 aliphatic rings. The van der Waals surface area contributed by atoms with Crippen molar-refractivity contribution in [3.8, 4) is 0 Å². The Labute approximate surface area is 75.9 Å². The van der Waals surface area contributed by atoms with Crippen molar-refractivity contribution in [2.75, 3.05) is 33.4 Å². The van der Waals surface area contributed by atoms with Crippen molar-refractivity contribution < 1.29 is 4.74 Å². The molecule has 0 radical (unpaired) electrons. The van der Waals surface area contributed by atoms with Crippen LogP contribution in [0.25, 0.3) is 0 Å². The molecule has 1 heterocycles. The molecule has 0 saturated carbocycles. The van der Waals surface area contributed by atoms with Crippen LogP contribution >= 0.6 is 0 Å². The first-order chi connectivity index (χ1) is 5.86. The Hall–Kier alpha value is -0.0800. The highest BCUT2D eigenvalue weighted by atomic mass is 16.5. The molecule has 1 atom stereocenters. The predicted molar refractivity (Wildman–Crippen MR) is 51.3 cm³/mol. The van der Waals surface area contributed by atoms with Crippen LogP contribution < -0.4 is 0 Å². The van der Waals surface area contributed by atoms with Crippen LogP contribution in [0.1, 0.15) is 26.2 Å². The maximum Gasteiger partial charge on any atom is 0.0589 e. The van der Waals surface area contributed by atoms with E-state index in [0.29, 0.717) is 0 Å². The molecule has 0 aliphatic carbocycles. The summed E-state index contributed by atoms with van der Waals surface area (Å²) >= 11 is 0. The van der Waals surface area contributed by atoms with Crippen LogP contribution in [-0.4, -0.2) is 38.3 Å². The first-order valence-electron chi connectivity index (χ1n) is 5.08. The number of nitrogens with zero attached hydrogens (tertiary/aromatic N) is 1. The molecule has 0 spiro atoms. The summed E-state index contributed by atoms with van der Waals surface area (Å²) in [6.07, 6.45) is 4.14. The zero-order chi connectivity index (χ0) is 8.81. The lowest BCUT2D eigenvalue weighted by Crippen LogP contribution is -2.37. The minimum absolute atomic E-state index is 0.885. The summed E-state index contributed by atoms with van der Waals surface area (Å²) in [4.78, 5) is 2.53. The van der Waals surface area contributed by atoms with E-state index in [1.807, 2.05) is 0 Å². The minimum Gasteiger partial charge on any atom is -0.383 e. The fraction of sp³-hybridized carbons (Fsp3) is 1.00. The maximum atomic E-state index is 5.07. The molecule has 0 aromatic rings. The van der Waals surface area contributed by atoms with Crippen LogP contribution in [0.4, 0.5) is 0 Å². The van der Waals surface area contributed by atoms with Crippen molar-refractivity contribution in [3.05, 3.63) is 0 Å². The van der Waals surface area contributed by atoms with Gasteiger partial charge in [-0.05, 0) is 25.3 Å². The summed E-state index contributed by atoms with van der Waals surface area (Å²) in [5.41, 5.74) is 0. The zero-order valence-corrected chi connectivity index (χ0v) is 8.38. The first-order valence-corrected chi connectivity index (χ1v) is 5.08. The lowest BCUT2D eigenvalue weighted by atomic mass is 9.96. The normalized spacial score (nSPS) is 26.0. The van der Waals surface area contributed by atoms with Gasteiger partial charge in [0.2, 0.25) is 0 Å². The molecule has 2 heteroatoms. The molecule has 72 valence electrons. The van der Waals surface area contributed by atoms with Gasteiger partial charge >= 0.3 is 0 Å². The van der Waals surface area contributed by atoms with Gasteiger partial charge in [-0.25, -0.2) is 0 Å². The van der Waals surface area contributed by atoms with Crippen molar-refractivity contribution in [3.63, 3.8) is 0 Å². The van der Waals surface area contributed by atoms with E-state index in [1.165, 1.54) is 32.4 Å². The molecule has 2 nitrogen and oxygen atoms in total. The average molecular weight is 171 g/mol. The highest BCUT2D eigenvalue weighted by Crippen LogP contribution is 2.18. The number of hydrogen-bond donors (Lipinski definition) is 0. The molecule has 1 unspecified atom stereocenters. The fourth-order valence-electron chi connectivity index (χ4n) is 1.91. The number of hydrogen-bond acceptors (Lipinski definition) is 2. The fourth-order valence-corrected chi connectivity index (χ4v) is 1.91. The van der Waals surface area contributed by atoms with Gasteiger partial charge in [-0.15, -0.1) is 0 Å². The van der Waals surface area contributed by atoms with Gasteiger partial charge < -0.3 is 9.64 Å². The van der Waals surface area contributed by atoms with Gasteiger partial charge in [0.1, 0.15) is 0 Å². The Balaban J connectivity index is 2.16. The van der Waals surface area contributed by atoms with Crippen molar-refractivity contribution in [1.82, 2.24) is 4.90 Å². The molecule has 12 heavy (non-hydrogen) atoms. The van der Waals surface area contributed by atoms with Crippen LogP contribution in [0.15, 0.2) is 0 Å². The van der Waals surface area contributed by atoms with E-state index in [0.717, 1.165) is 19.1 Å². The van der Waals surface area contributed by atoms with Gasteiger partial charge in [-0.3, -0.25) is 0 Å². The van der Waals surface area contributed by atoms with Crippen LogP contribution in [0.2, 0.25) is 0 Å². The third-order valence-electron chi connectivity index (χ3n) is 2.79. The van der Waals surface area contributed by atoms with Crippen molar-refractivity contribution >= 4 is 0 Å². The Kier molecular flexibility index (Phi) is 4.62. The topological polar surface area (TPSA) is 12.5 Å². The van der Waals surface area contributed by atoms with Gasteiger partial charge in [-0.1, -0.05) is 13.3 Å². The lowest BCUT2D eigenvalue weighted by molar-refractivity contribution is 0.113. The van der Waals surface area contributed by atoms with Crippen LogP contribution in [0, 0.1) is 5.92 Å². The molecular weight excluding hydrogens is 150 g/mol. The monoisotopic (exact) mass is 171 g/mol. The highest BCUT2D eigenvalue weighted by molar-refractivity contribution is 4.71. The van der Waals surface area contributed by atoms with E-state index >= 15 is 0 Å². The summed E-state index contributed by atoms with van der Waals surface area (Å²) in [6.45, 7) is 6.87. The van der Waals surface area contributed by atoms with Crippen LogP contribution in [0.3, 0.4) is 0 Å². The highest BCUT2D eigenvalue weighted by Gasteiger charge is 2.17. The van der Waals surface area contributed by atoms with Crippen LogP contribution in [0.5, 0.6) is 0 Å². The molecule has 0 amide bonds. The summed E-state index contributed by atoms with van der Waals surface area (Å²) < 4.78 is 5.07. The second-order valence-electron chi connectivity index (χ2n) is 3.71. The van der Waals surface area contributed by atoms with Crippen LogP contribution in [-0.2, 0) is 4.74 Å². The van der Waals surface area contributed by atoms with E-state index in [4.69, 9.17) is 4.74 Å². The molecule has 1 fully saturated rings. The Morgan fingerprint density at radius 1 is 1.50 bits per heavy atom. The number of likely N-dealkylation sites (tertiary alicyclic amines) is 1. The quantitative estimate of drug-likeness (QED) is 0.639. The van der Waals surface area contributed by atoms with E-state index in [-0.39, 0.29) is 0 Å². The zero-order valence-electron chi connectivity index (χ0n) is 8.38. The van der Waals surface area contributed by atoms with E-state index in [9.17, 15) is 0 Å². The van der Waals surface area contributed by atoms with E-state index < -0.39 is 0 Å². The maximum absolute atomic E-state index is 5.07. The molecule has 1 rings (SSSR count). The third-order valence-corrected chi connectivity index (χ3v) is 2.79. The molecule has 0 bridgehead atoms. The molecule has 0 N–H and O–H groups in total. The van der Waals surface area contributed by atoms with E-state index in [1.54, 1.807) is 7.11 Å². The van der Waals surface area contributed by atoms with Crippen molar-refractivity contribution in [1.29, 1.82) is 0 Å². The standard InChI is InChI=1S/C10H21NO/c1-3-10-5-4-6-11(9-10)7-8-12-2/h10H,3-9H2,1-2H3. The first kappa shape index (κ1) is 10.0. The van der Waals surface area contributed by atoms with Crippen molar-refractivity contribution in [2.45, 2.75) is 26.2 Å². The molecular formula is C10H21NO. The number of ether oxygens (including phenoxy) is 1. The molecule has 1 saturated heterocycles. The second-order valence-corrected chi connectivity index (χ2v) is 3.71. The molecule has 1 aliphatic heterocycles. The summed E-state index contributed by atoms with van der Waals surface area (Å²) in [6, 6.07) is 0. The Morgan fingerprint density at radius 2 is 2.33 bits per heavy atom. The Morgan fingerprint density at radius 3 is 3.00 bits per heavy atom. The van der Waals surface area contributed by atoms with Gasteiger partial charge in [0.15, 0.2) is 0 Å². The number of piperidine rings is 1. The van der Waals surface area contributed by atoms with E-state index in [2.05, 4.69) is 11.8 Å². The van der Waals surface area contributed by atoms with Gasteiger partial charge in [-0.2, -0.15) is 0 Å². The largest absolute Gasteiger partial charge is 0.383 e. The summed E-state index contributed by atoms with van der Waals surface area (Å²) in [5, 5.41) is 0. The van der Waals surface area contributed by atoms with Gasteiger partial charge in [0.25, 0.3) is 0 Å². The smallest absolute Gasteiger partial charge is 0.0589 e. The number of rotatable bonds is 4. The van der Waals surface area contributed by atoms with Crippen molar-refractivity contribution in [2.24, 2.45) is 5.92 Å². The summed E-state index contributed by atoms with van der Waals surface area (Å²) in [5.74, 6) is 0.940. The third kappa shape index (κ3) is 3.11. The van der Waals surface area contributed by atoms with Gasteiger partial charge in [0, 0.05) is 20.2 Å². The lowest BCUT2D eigenvalue weighted by Gasteiger charge is -2.31. The minimum atomic E-state index is 0.885. The predicted octanol–water partition coefficient (Wildman–Crippen LogP) is 1.75. The number of methoxy groups -OCH3 is 1. The average Bonchev–Trinajstić information content (AvgIpc) is 2.15. The Bertz CT molecular complexity index is 116. The molecule has 0 aromatic carbocycles.